The second kappa shape index (κ2) is 10.9. The summed E-state index contributed by atoms with van der Waals surface area (Å²) < 4.78 is 6.05. The first-order valence-corrected chi connectivity index (χ1v) is 12.4. The van der Waals surface area contributed by atoms with Crippen LogP contribution in [0.1, 0.15) is 6.42 Å². The molecule has 1 N–H and O–H groups in total. The van der Waals surface area contributed by atoms with Gasteiger partial charge < -0.3 is 19.9 Å². The first-order valence-electron chi connectivity index (χ1n) is 10.3. The number of nitrogens with one attached hydrogen (secondary N) is 1. The Morgan fingerprint density at radius 1 is 1.12 bits per heavy atom. The molecule has 0 radical (unpaired) electrons. The molecule has 4 rings (SSSR count). The average Bonchev–Trinajstić information content (AvgIpc) is 3.28. The number of methoxy groups -OCH3 is 1. The highest BCUT2D eigenvalue weighted by molar-refractivity contribution is 8.01. The van der Waals surface area contributed by atoms with Crippen LogP contribution in [0.15, 0.2) is 52.9 Å². The molecule has 0 aliphatic carbocycles. The van der Waals surface area contributed by atoms with Crippen molar-refractivity contribution in [2.75, 3.05) is 49.3 Å². The minimum absolute atomic E-state index is 0.186. The Balaban J connectivity index is 1.19. The van der Waals surface area contributed by atoms with Gasteiger partial charge in [-0.1, -0.05) is 46.8 Å². The second-order valence-corrected chi connectivity index (χ2v) is 9.87. The topological polar surface area (TPSA) is 70.6 Å². The van der Waals surface area contributed by atoms with E-state index in [0.29, 0.717) is 22.3 Å². The summed E-state index contributed by atoms with van der Waals surface area (Å²) >= 11 is 9.17. The van der Waals surface area contributed by atoms with Crippen molar-refractivity contribution in [2.45, 2.75) is 10.8 Å². The van der Waals surface area contributed by atoms with Crippen LogP contribution in [0.2, 0.25) is 5.02 Å². The van der Waals surface area contributed by atoms with Gasteiger partial charge in [-0.2, -0.15) is 0 Å². The molecule has 0 spiro atoms. The molecule has 10 heteroatoms. The molecule has 0 bridgehead atoms. The molecule has 0 unspecified atom stereocenters. The average molecular weight is 490 g/mol. The number of halogens is 1. The number of nitrogens with zero attached hydrogens (tertiary/aromatic N) is 4. The lowest BCUT2D eigenvalue weighted by atomic mass is 10.2. The summed E-state index contributed by atoms with van der Waals surface area (Å²) in [4.78, 5) is 16.9. The second-order valence-electron chi connectivity index (χ2n) is 7.14. The predicted octanol–water partition coefficient (Wildman–Crippen LogP) is 4.77. The van der Waals surface area contributed by atoms with Crippen LogP contribution >= 0.6 is 34.7 Å². The maximum atomic E-state index is 12.6. The van der Waals surface area contributed by atoms with E-state index in [-0.39, 0.29) is 5.91 Å². The number of anilines is 3. The molecule has 1 aliphatic heterocycles. The van der Waals surface area contributed by atoms with Crippen LogP contribution < -0.4 is 15.0 Å². The van der Waals surface area contributed by atoms with Crippen LogP contribution in [0.4, 0.5) is 16.5 Å². The zero-order valence-electron chi connectivity index (χ0n) is 17.7. The van der Waals surface area contributed by atoms with E-state index in [1.54, 1.807) is 18.9 Å². The number of piperazine rings is 1. The van der Waals surface area contributed by atoms with Gasteiger partial charge in [0.2, 0.25) is 11.0 Å². The van der Waals surface area contributed by atoms with E-state index in [4.69, 9.17) is 16.3 Å². The van der Waals surface area contributed by atoms with E-state index in [9.17, 15) is 4.79 Å². The lowest BCUT2D eigenvalue weighted by molar-refractivity contribution is -0.131. The monoisotopic (exact) mass is 489 g/mol. The molecule has 1 aliphatic rings. The smallest absolute Gasteiger partial charge is 0.223 e. The molecular formula is C22H24ClN5O2S2. The highest BCUT2D eigenvalue weighted by atomic mass is 35.5. The Morgan fingerprint density at radius 3 is 2.59 bits per heavy atom. The van der Waals surface area contributed by atoms with Crippen LogP contribution in [0.5, 0.6) is 5.75 Å². The fraction of sp³-hybridized carbons (Fsp3) is 0.318. The molecule has 3 aromatic rings. The number of carbonyl (C=O) groups is 1. The maximum absolute atomic E-state index is 12.6. The number of amides is 1. The number of thioether (sulfide) groups is 1. The van der Waals surface area contributed by atoms with Crippen LogP contribution in [0, 0.1) is 0 Å². The van der Waals surface area contributed by atoms with Gasteiger partial charge in [0.25, 0.3) is 0 Å². The van der Waals surface area contributed by atoms with Crippen molar-refractivity contribution in [3.63, 3.8) is 0 Å². The Hall–Kier alpha value is -2.49. The lowest BCUT2D eigenvalue weighted by Gasteiger charge is -2.36. The largest absolute Gasteiger partial charge is 0.497 e. The summed E-state index contributed by atoms with van der Waals surface area (Å²) in [6.45, 7) is 3.14. The first kappa shape index (κ1) is 22.7. The molecule has 0 atom stereocenters. The van der Waals surface area contributed by atoms with E-state index in [1.165, 1.54) is 11.3 Å². The third-order valence-electron chi connectivity index (χ3n) is 5.13. The number of aromatic nitrogens is 2. The van der Waals surface area contributed by atoms with Crippen molar-refractivity contribution >= 4 is 57.1 Å². The number of hydrogen-bond acceptors (Lipinski definition) is 8. The minimum Gasteiger partial charge on any atom is -0.497 e. The minimum atomic E-state index is 0.186. The number of rotatable bonds is 8. The highest BCUT2D eigenvalue weighted by Gasteiger charge is 2.21. The van der Waals surface area contributed by atoms with Crippen LogP contribution in [0.25, 0.3) is 0 Å². The number of ether oxygens (including phenoxy) is 1. The number of benzene rings is 2. The summed E-state index contributed by atoms with van der Waals surface area (Å²) in [6, 6.07) is 15.6. The molecule has 32 heavy (non-hydrogen) atoms. The van der Waals surface area contributed by atoms with Gasteiger partial charge in [-0.15, -0.1) is 10.2 Å². The van der Waals surface area contributed by atoms with Gasteiger partial charge in [0.15, 0.2) is 4.34 Å². The predicted molar refractivity (Wildman–Crippen MR) is 132 cm³/mol. The number of hydrogen-bond donors (Lipinski definition) is 1. The SMILES string of the molecule is COc1ccc(N2CCN(C(=O)CCSc3nnc(Nc4ccccc4Cl)s3)CC2)cc1. The fourth-order valence-corrected chi connectivity index (χ4v) is 5.33. The van der Waals surface area contributed by atoms with Gasteiger partial charge in [-0.05, 0) is 36.4 Å². The van der Waals surface area contributed by atoms with Gasteiger partial charge in [-0.25, -0.2) is 0 Å². The molecule has 2 aromatic carbocycles. The fourth-order valence-electron chi connectivity index (χ4n) is 3.39. The third kappa shape index (κ3) is 5.85. The Morgan fingerprint density at radius 2 is 1.88 bits per heavy atom. The van der Waals surface area contributed by atoms with Crippen LogP contribution in [-0.4, -0.2) is 60.0 Å². The summed E-state index contributed by atoms with van der Waals surface area (Å²) in [5.74, 6) is 1.71. The van der Waals surface area contributed by atoms with Crippen LogP contribution in [-0.2, 0) is 4.79 Å². The summed E-state index contributed by atoms with van der Waals surface area (Å²) in [5.41, 5.74) is 1.96. The van der Waals surface area contributed by atoms with Gasteiger partial charge in [0, 0.05) is 44.0 Å². The van der Waals surface area contributed by atoms with E-state index in [2.05, 4.69) is 32.5 Å². The summed E-state index contributed by atoms with van der Waals surface area (Å²) in [7, 11) is 1.67. The molecule has 1 fully saturated rings. The highest BCUT2D eigenvalue weighted by Crippen LogP contribution is 2.30. The van der Waals surface area contributed by atoms with Crippen molar-refractivity contribution in [3.8, 4) is 5.75 Å². The van der Waals surface area contributed by atoms with Crippen molar-refractivity contribution in [1.82, 2.24) is 15.1 Å². The number of carbonyl (C=O) groups excluding carboxylic acids is 1. The molecule has 7 nitrogen and oxygen atoms in total. The molecule has 2 heterocycles. The van der Waals surface area contributed by atoms with E-state index >= 15 is 0 Å². The first-order chi connectivity index (χ1) is 15.6. The molecule has 1 amide bonds. The van der Waals surface area contributed by atoms with Crippen molar-refractivity contribution < 1.29 is 9.53 Å². The van der Waals surface area contributed by atoms with Crippen molar-refractivity contribution in [2.24, 2.45) is 0 Å². The van der Waals surface area contributed by atoms with Crippen molar-refractivity contribution in [3.05, 3.63) is 53.6 Å². The quantitative estimate of drug-likeness (QED) is 0.457. The standard InChI is InChI=1S/C22H24ClN5O2S2/c1-30-17-8-6-16(7-9-17)27-11-13-28(14-12-27)20(29)10-15-31-22-26-25-21(32-22)24-19-5-3-2-4-18(19)23/h2-9H,10-15H2,1H3,(H,24,25). The Labute approximate surface area is 200 Å². The Bertz CT molecular complexity index is 1040. The third-order valence-corrected chi connectivity index (χ3v) is 7.44. The van der Waals surface area contributed by atoms with Gasteiger partial charge in [0.1, 0.15) is 5.75 Å². The normalized spacial score (nSPS) is 13.8. The number of para-hydroxylation sites is 1. The Kier molecular flexibility index (Phi) is 7.72. The maximum Gasteiger partial charge on any atom is 0.223 e. The molecular weight excluding hydrogens is 466 g/mol. The molecule has 168 valence electrons. The molecule has 1 saturated heterocycles. The van der Waals surface area contributed by atoms with Gasteiger partial charge >= 0.3 is 0 Å². The molecule has 0 saturated carbocycles. The zero-order valence-corrected chi connectivity index (χ0v) is 20.1. The lowest BCUT2D eigenvalue weighted by Crippen LogP contribution is -2.48. The zero-order chi connectivity index (χ0) is 22.3. The van der Waals surface area contributed by atoms with E-state index in [1.807, 2.05) is 41.3 Å². The van der Waals surface area contributed by atoms with E-state index in [0.717, 1.165) is 47.6 Å². The summed E-state index contributed by atoms with van der Waals surface area (Å²) in [6.07, 6.45) is 0.486. The van der Waals surface area contributed by atoms with Gasteiger partial charge in [-0.3, -0.25) is 4.79 Å². The molecule has 1 aromatic heterocycles. The van der Waals surface area contributed by atoms with Crippen LogP contribution in [0.3, 0.4) is 0 Å². The van der Waals surface area contributed by atoms with Crippen molar-refractivity contribution in [1.29, 1.82) is 0 Å². The van der Waals surface area contributed by atoms with E-state index < -0.39 is 0 Å². The van der Waals surface area contributed by atoms with Gasteiger partial charge in [0.05, 0.1) is 17.8 Å². The summed E-state index contributed by atoms with van der Waals surface area (Å²) in [5, 5.41) is 12.8.